The topological polar surface area (TPSA) is 49.6 Å². The van der Waals surface area contributed by atoms with Gasteiger partial charge in [-0.2, -0.15) is 0 Å². The second-order valence-electron chi connectivity index (χ2n) is 6.72. The van der Waals surface area contributed by atoms with E-state index >= 15 is 0 Å². The second kappa shape index (κ2) is 6.23. The van der Waals surface area contributed by atoms with Crippen LogP contribution in [0, 0.1) is 5.92 Å². The predicted molar refractivity (Wildman–Crippen MR) is 77.8 cm³/mol. The summed E-state index contributed by atoms with van der Waals surface area (Å²) >= 11 is 0. The number of hydrogen-bond donors (Lipinski definition) is 1. The summed E-state index contributed by atoms with van der Waals surface area (Å²) in [6.45, 7) is 9.01. The van der Waals surface area contributed by atoms with E-state index in [-0.39, 0.29) is 6.04 Å². The Hall–Kier alpha value is -0.610. The van der Waals surface area contributed by atoms with Crippen LogP contribution < -0.4 is 5.73 Å². The van der Waals surface area contributed by atoms with Crippen molar-refractivity contribution in [2.75, 3.05) is 19.6 Å². The highest BCUT2D eigenvalue weighted by molar-refractivity contribution is 5.79. The van der Waals surface area contributed by atoms with Crippen molar-refractivity contribution in [3.8, 4) is 0 Å². The lowest BCUT2D eigenvalue weighted by atomic mass is 9.95. The van der Waals surface area contributed by atoms with E-state index in [2.05, 4.69) is 30.6 Å². The molecule has 2 aliphatic heterocycles. The Bertz CT molecular complexity index is 301. The zero-order valence-electron chi connectivity index (χ0n) is 12.6. The first-order valence-corrected chi connectivity index (χ1v) is 7.76. The summed E-state index contributed by atoms with van der Waals surface area (Å²) in [5, 5.41) is 0. The van der Waals surface area contributed by atoms with E-state index in [9.17, 15) is 4.79 Å². The molecule has 2 saturated heterocycles. The molecule has 4 atom stereocenters. The van der Waals surface area contributed by atoms with Gasteiger partial charge >= 0.3 is 0 Å². The Labute approximate surface area is 117 Å². The zero-order chi connectivity index (χ0) is 14.0. The molecule has 0 aromatic rings. The highest BCUT2D eigenvalue weighted by Crippen LogP contribution is 2.23. The molecule has 0 aromatic carbocycles. The minimum absolute atomic E-state index is 0.229. The number of nitrogens with zero attached hydrogens (tertiary/aromatic N) is 2. The van der Waals surface area contributed by atoms with Crippen LogP contribution in [-0.2, 0) is 4.79 Å². The van der Waals surface area contributed by atoms with Crippen molar-refractivity contribution >= 4 is 5.91 Å². The van der Waals surface area contributed by atoms with Crippen LogP contribution in [0.15, 0.2) is 0 Å². The van der Waals surface area contributed by atoms with Gasteiger partial charge in [0, 0.05) is 31.2 Å². The molecular weight excluding hydrogens is 238 g/mol. The molecule has 2 aliphatic rings. The highest BCUT2D eigenvalue weighted by Gasteiger charge is 2.31. The van der Waals surface area contributed by atoms with E-state index in [1.165, 1.54) is 6.42 Å². The molecule has 2 N–H and O–H groups in total. The Balaban J connectivity index is 1.92. The molecule has 0 aliphatic carbocycles. The van der Waals surface area contributed by atoms with Gasteiger partial charge in [-0.3, -0.25) is 9.69 Å². The van der Waals surface area contributed by atoms with Gasteiger partial charge in [-0.1, -0.05) is 6.92 Å². The van der Waals surface area contributed by atoms with Gasteiger partial charge in [0.2, 0.25) is 5.91 Å². The van der Waals surface area contributed by atoms with Gasteiger partial charge in [0.15, 0.2) is 0 Å². The summed E-state index contributed by atoms with van der Waals surface area (Å²) in [6, 6.07) is 1.02. The number of amides is 1. The van der Waals surface area contributed by atoms with Crippen molar-refractivity contribution in [1.29, 1.82) is 0 Å². The van der Waals surface area contributed by atoms with Crippen molar-refractivity contribution in [3.63, 3.8) is 0 Å². The van der Waals surface area contributed by atoms with Gasteiger partial charge in [0.05, 0.1) is 6.54 Å². The normalized spacial score (nSPS) is 37.4. The summed E-state index contributed by atoms with van der Waals surface area (Å²) in [4.78, 5) is 16.9. The maximum atomic E-state index is 12.5. The number of hydrogen-bond acceptors (Lipinski definition) is 3. The van der Waals surface area contributed by atoms with Crippen LogP contribution in [-0.4, -0.2) is 53.5 Å². The molecule has 0 saturated carbocycles. The summed E-state index contributed by atoms with van der Waals surface area (Å²) in [7, 11) is 0. The molecule has 4 nitrogen and oxygen atoms in total. The maximum absolute atomic E-state index is 12.5. The molecule has 4 heteroatoms. The molecule has 0 radical (unpaired) electrons. The number of carbonyl (C=O) groups is 1. The molecule has 0 bridgehead atoms. The van der Waals surface area contributed by atoms with Crippen molar-refractivity contribution in [1.82, 2.24) is 9.80 Å². The first kappa shape index (κ1) is 14.8. The molecule has 0 spiro atoms. The fourth-order valence-electron chi connectivity index (χ4n) is 3.83. The largest absolute Gasteiger partial charge is 0.336 e. The van der Waals surface area contributed by atoms with E-state index in [1.807, 2.05) is 0 Å². The average molecular weight is 267 g/mol. The van der Waals surface area contributed by atoms with Crippen LogP contribution >= 0.6 is 0 Å². The summed E-state index contributed by atoms with van der Waals surface area (Å²) in [5.41, 5.74) is 6.06. The van der Waals surface area contributed by atoms with Crippen molar-refractivity contribution in [2.24, 2.45) is 11.7 Å². The Morgan fingerprint density at radius 2 is 1.79 bits per heavy atom. The quantitative estimate of drug-likeness (QED) is 0.824. The van der Waals surface area contributed by atoms with Crippen LogP contribution in [0.3, 0.4) is 0 Å². The molecule has 110 valence electrons. The van der Waals surface area contributed by atoms with Gasteiger partial charge in [-0.25, -0.2) is 0 Å². The molecular formula is C15H29N3O. The van der Waals surface area contributed by atoms with Gasteiger partial charge in [0.1, 0.15) is 0 Å². The lowest BCUT2D eigenvalue weighted by Crippen LogP contribution is -2.54. The average Bonchev–Trinajstić information content (AvgIpc) is 2.26. The highest BCUT2D eigenvalue weighted by atomic mass is 16.2. The smallest absolute Gasteiger partial charge is 0.237 e. The van der Waals surface area contributed by atoms with E-state index in [0.717, 1.165) is 32.4 Å². The number of carbonyl (C=O) groups excluding carboxylic acids is 1. The summed E-state index contributed by atoms with van der Waals surface area (Å²) < 4.78 is 0. The third kappa shape index (κ3) is 3.69. The van der Waals surface area contributed by atoms with Crippen molar-refractivity contribution in [2.45, 2.75) is 64.6 Å². The summed E-state index contributed by atoms with van der Waals surface area (Å²) in [5.74, 6) is 0.897. The predicted octanol–water partition coefficient (Wildman–Crippen LogP) is 1.45. The second-order valence-corrected chi connectivity index (χ2v) is 6.72. The van der Waals surface area contributed by atoms with E-state index in [1.54, 1.807) is 0 Å². The Kier molecular flexibility index (Phi) is 4.85. The molecule has 2 heterocycles. The maximum Gasteiger partial charge on any atom is 0.237 e. The van der Waals surface area contributed by atoms with E-state index in [4.69, 9.17) is 5.73 Å². The molecule has 2 fully saturated rings. The van der Waals surface area contributed by atoms with E-state index < -0.39 is 0 Å². The first-order valence-electron chi connectivity index (χ1n) is 7.76. The first-order chi connectivity index (χ1) is 8.97. The molecule has 19 heavy (non-hydrogen) atoms. The number of nitrogens with two attached hydrogens (primary N) is 1. The van der Waals surface area contributed by atoms with Crippen LogP contribution in [0.4, 0.5) is 0 Å². The number of likely N-dealkylation sites (tertiary alicyclic amines) is 2. The van der Waals surface area contributed by atoms with Crippen LogP contribution in [0.2, 0.25) is 0 Å². The monoisotopic (exact) mass is 267 g/mol. The van der Waals surface area contributed by atoms with Gasteiger partial charge in [-0.05, 0) is 45.4 Å². The standard InChI is InChI=1S/C15H29N3O/c1-11-7-14(16)9-17(8-11)10-15(19)18-12(2)5-4-6-13(18)3/h11-14H,4-10,16H2,1-3H3. The van der Waals surface area contributed by atoms with Crippen LogP contribution in [0.5, 0.6) is 0 Å². The minimum Gasteiger partial charge on any atom is -0.336 e. The summed E-state index contributed by atoms with van der Waals surface area (Å²) in [6.07, 6.45) is 4.62. The third-order valence-corrected chi connectivity index (χ3v) is 4.61. The van der Waals surface area contributed by atoms with E-state index in [0.29, 0.717) is 30.5 Å². The minimum atomic E-state index is 0.229. The Morgan fingerprint density at radius 3 is 2.37 bits per heavy atom. The van der Waals surface area contributed by atoms with Gasteiger partial charge in [-0.15, -0.1) is 0 Å². The van der Waals surface area contributed by atoms with Crippen LogP contribution in [0.1, 0.15) is 46.5 Å². The molecule has 0 aromatic heterocycles. The van der Waals surface area contributed by atoms with Crippen molar-refractivity contribution in [3.05, 3.63) is 0 Å². The lowest BCUT2D eigenvalue weighted by molar-refractivity contribution is -0.139. The Morgan fingerprint density at radius 1 is 1.16 bits per heavy atom. The van der Waals surface area contributed by atoms with Gasteiger partial charge < -0.3 is 10.6 Å². The molecule has 4 unspecified atom stereocenters. The number of piperidine rings is 2. The third-order valence-electron chi connectivity index (χ3n) is 4.61. The number of rotatable bonds is 2. The fourth-order valence-corrected chi connectivity index (χ4v) is 3.83. The van der Waals surface area contributed by atoms with Crippen LogP contribution in [0.25, 0.3) is 0 Å². The SMILES string of the molecule is CC1CC(N)CN(CC(=O)N2C(C)CCCC2C)C1. The lowest BCUT2D eigenvalue weighted by Gasteiger charge is -2.41. The zero-order valence-corrected chi connectivity index (χ0v) is 12.6. The molecule has 2 rings (SSSR count). The van der Waals surface area contributed by atoms with Crippen molar-refractivity contribution < 1.29 is 4.79 Å². The fraction of sp³-hybridized carbons (Fsp3) is 0.933. The van der Waals surface area contributed by atoms with Gasteiger partial charge in [0.25, 0.3) is 0 Å². The molecule has 1 amide bonds.